The molecular formula is C33H54N5O16P3. The number of aryl methyl sites for hydroxylation is 1. The molecule has 0 amide bonds. The number of carbonyl (C=O) groups excluding carboxylic acids is 1. The van der Waals surface area contributed by atoms with E-state index < -0.39 is 73.0 Å². The van der Waals surface area contributed by atoms with Gasteiger partial charge in [0.1, 0.15) is 11.9 Å². The zero-order chi connectivity index (χ0) is 40.3. The van der Waals surface area contributed by atoms with Crippen LogP contribution in [0, 0.1) is 18.3 Å². The second-order valence-electron chi connectivity index (χ2n) is 12.3. The maximum atomic E-state index is 13.3. The second kappa shape index (κ2) is 25.9. The summed E-state index contributed by atoms with van der Waals surface area (Å²) < 4.78 is 79.0. The van der Waals surface area contributed by atoms with Crippen molar-refractivity contribution in [1.29, 1.82) is 5.26 Å². The minimum absolute atomic E-state index is 0. The molecule has 0 aliphatic carbocycles. The van der Waals surface area contributed by atoms with E-state index in [1.165, 1.54) is 88.1 Å². The highest BCUT2D eigenvalue weighted by atomic mass is 31.3. The number of nitriles is 1. The van der Waals surface area contributed by atoms with Crippen molar-refractivity contribution in [1.82, 2.24) is 21.9 Å². The standard InChI is InChI=1S/C33H48N3O16P3.2H3N/c1-3-4-5-6-7-8-9-10-11-12-21-45-33(39)50-28-16-14-27(15-17-28)24-48-55(44,46-22-13-20-34)52-54(42,43)51-53(40,41)47-25-29-18-19-30(49-29)36-23-26(2)31(37)35-32(36)38;;/h14-19,23,29-30H,3-13,21-22,24-25H2,1-2H3,(H,40,41)(H,42,43)(H,35,37,38);2*1H3/t29-,30+,55?;;/m0../s1. The average molecular weight is 870 g/mol. The van der Waals surface area contributed by atoms with Crippen LogP contribution in [0.15, 0.2) is 52.2 Å². The Morgan fingerprint density at radius 2 is 1.51 bits per heavy atom. The van der Waals surface area contributed by atoms with Gasteiger partial charge in [-0.2, -0.15) is 13.9 Å². The van der Waals surface area contributed by atoms with Crippen molar-refractivity contribution in [2.75, 3.05) is 19.8 Å². The number of carbonyl (C=O) groups is 1. The number of benzene rings is 1. The van der Waals surface area contributed by atoms with Crippen molar-refractivity contribution >= 4 is 29.6 Å². The third kappa shape index (κ3) is 19.8. The van der Waals surface area contributed by atoms with Crippen molar-refractivity contribution in [2.45, 2.75) is 103 Å². The molecule has 5 atom stereocenters. The summed E-state index contributed by atoms with van der Waals surface area (Å²) in [7, 11) is -16.2. The fourth-order valence-corrected chi connectivity index (χ4v) is 8.98. The SMILES string of the molecule is CCCCCCCCCCCCOC(=O)Oc1ccc(COP(=O)(OCCC#N)OP(=O)(O)OP(=O)(O)OC[C@@H]2C=C[C@H](n3cc(C)c(=O)[nH]c3=O)O2)cc1.N.N. The Bertz CT molecular complexity index is 1870. The van der Waals surface area contributed by atoms with E-state index in [9.17, 15) is 37.9 Å². The highest BCUT2D eigenvalue weighted by Crippen LogP contribution is 2.69. The van der Waals surface area contributed by atoms with Gasteiger partial charge in [0.2, 0.25) is 0 Å². The smallest absolute Gasteiger partial charge is 0.434 e. The van der Waals surface area contributed by atoms with E-state index in [-0.39, 0.29) is 36.6 Å². The monoisotopic (exact) mass is 869 g/mol. The van der Waals surface area contributed by atoms with E-state index in [4.69, 9.17) is 33.0 Å². The minimum atomic E-state index is -5.74. The lowest BCUT2D eigenvalue weighted by atomic mass is 10.1. The normalized spacial score (nSPS) is 17.9. The molecule has 0 spiro atoms. The highest BCUT2D eigenvalue weighted by molar-refractivity contribution is 7.67. The molecule has 9 N–H and O–H groups in total. The summed E-state index contributed by atoms with van der Waals surface area (Å²) in [5.41, 5.74) is -0.845. The molecule has 1 aliphatic rings. The van der Waals surface area contributed by atoms with Crippen molar-refractivity contribution in [3.8, 4) is 11.8 Å². The van der Waals surface area contributed by atoms with Gasteiger partial charge in [-0.3, -0.25) is 27.9 Å². The molecule has 1 aliphatic heterocycles. The first-order valence-electron chi connectivity index (χ1n) is 17.7. The van der Waals surface area contributed by atoms with Gasteiger partial charge in [0.05, 0.1) is 38.9 Å². The predicted octanol–water partition coefficient (Wildman–Crippen LogP) is 7.56. The Balaban J connectivity index is 0.00000812. The number of nitrogens with one attached hydrogen (secondary N) is 1. The van der Waals surface area contributed by atoms with E-state index in [1.807, 2.05) is 0 Å². The molecule has 0 saturated carbocycles. The highest BCUT2D eigenvalue weighted by Gasteiger charge is 2.44. The molecule has 3 rings (SSSR count). The van der Waals surface area contributed by atoms with Crippen LogP contribution in [-0.2, 0) is 52.0 Å². The van der Waals surface area contributed by atoms with Crippen molar-refractivity contribution < 1.29 is 64.7 Å². The van der Waals surface area contributed by atoms with Crippen LogP contribution in [0.5, 0.6) is 5.75 Å². The first-order chi connectivity index (χ1) is 26.1. The Hall–Kier alpha value is -3.31. The topological polar surface area (TPSA) is 331 Å². The number of hydrogen-bond acceptors (Lipinski definition) is 17. The molecule has 1 aromatic carbocycles. The van der Waals surface area contributed by atoms with Gasteiger partial charge in [-0.1, -0.05) is 82.9 Å². The summed E-state index contributed by atoms with van der Waals surface area (Å²) in [6.07, 6.45) is 12.1. The molecular weight excluding hydrogens is 815 g/mol. The minimum Gasteiger partial charge on any atom is -0.434 e. The third-order valence-corrected chi connectivity index (χ3v) is 12.4. The van der Waals surface area contributed by atoms with Crippen molar-refractivity contribution in [2.24, 2.45) is 0 Å². The lowest BCUT2D eigenvalue weighted by molar-refractivity contribution is -0.0105. The van der Waals surface area contributed by atoms with Gasteiger partial charge in [-0.25, -0.2) is 23.3 Å². The maximum absolute atomic E-state index is 13.3. The molecule has 3 unspecified atom stereocenters. The van der Waals surface area contributed by atoms with Gasteiger partial charge < -0.3 is 36.3 Å². The summed E-state index contributed by atoms with van der Waals surface area (Å²) in [4.78, 5) is 58.3. The summed E-state index contributed by atoms with van der Waals surface area (Å²) >= 11 is 0. The number of H-pyrrole nitrogens is 1. The van der Waals surface area contributed by atoms with E-state index in [1.54, 1.807) is 6.07 Å². The average Bonchev–Trinajstić information content (AvgIpc) is 3.59. The number of nitrogens with zero attached hydrogens (tertiary/aromatic N) is 2. The van der Waals surface area contributed by atoms with E-state index >= 15 is 0 Å². The fourth-order valence-electron chi connectivity index (χ4n) is 4.95. The molecule has 0 fully saturated rings. The van der Waals surface area contributed by atoms with Gasteiger partial charge in [-0.05, 0) is 37.1 Å². The zero-order valence-corrected chi connectivity index (χ0v) is 34.7. The molecule has 1 aromatic heterocycles. The van der Waals surface area contributed by atoms with Gasteiger partial charge >= 0.3 is 35.3 Å². The molecule has 0 saturated heterocycles. The van der Waals surface area contributed by atoms with E-state index in [2.05, 4.69) is 20.5 Å². The van der Waals surface area contributed by atoms with Crippen LogP contribution in [0.4, 0.5) is 4.79 Å². The largest absolute Gasteiger partial charge is 0.513 e. The molecule has 2 aromatic rings. The zero-order valence-electron chi connectivity index (χ0n) is 32.1. The molecule has 2 heterocycles. The van der Waals surface area contributed by atoms with Gasteiger partial charge in [0.15, 0.2) is 6.23 Å². The van der Waals surface area contributed by atoms with Crippen molar-refractivity contribution in [3.63, 3.8) is 0 Å². The number of phosphoric acid groups is 3. The lowest BCUT2D eigenvalue weighted by Gasteiger charge is -2.22. The van der Waals surface area contributed by atoms with Crippen LogP contribution in [0.25, 0.3) is 0 Å². The third-order valence-electron chi connectivity index (χ3n) is 7.73. The van der Waals surface area contributed by atoms with Crippen LogP contribution in [-0.4, -0.2) is 51.4 Å². The molecule has 0 bridgehead atoms. The Morgan fingerprint density at radius 3 is 2.14 bits per heavy atom. The summed E-state index contributed by atoms with van der Waals surface area (Å²) in [5.74, 6) is 0.128. The molecule has 57 heavy (non-hydrogen) atoms. The molecule has 21 nitrogen and oxygen atoms in total. The number of hydrogen-bond donors (Lipinski definition) is 5. The quantitative estimate of drug-likeness (QED) is 0.0200. The Labute approximate surface area is 330 Å². The van der Waals surface area contributed by atoms with Crippen LogP contribution < -0.4 is 28.3 Å². The number of rotatable bonds is 26. The van der Waals surface area contributed by atoms with Crippen LogP contribution in [0.1, 0.15) is 94.9 Å². The number of ether oxygens (including phenoxy) is 3. The van der Waals surface area contributed by atoms with E-state index in [0.29, 0.717) is 12.0 Å². The Morgan fingerprint density at radius 1 is 0.877 bits per heavy atom. The number of aromatic amines is 1. The fraction of sp³-hybridized carbons (Fsp3) is 0.576. The number of phosphoric ester groups is 2. The number of unbranched alkanes of at least 4 members (excludes halogenated alkanes) is 9. The van der Waals surface area contributed by atoms with Crippen LogP contribution in [0.2, 0.25) is 0 Å². The molecule has 0 radical (unpaired) electrons. The maximum Gasteiger partial charge on any atom is 0.513 e. The first kappa shape index (κ1) is 51.7. The summed E-state index contributed by atoms with van der Waals surface area (Å²) in [5, 5.41) is 8.83. The molecule has 322 valence electrons. The van der Waals surface area contributed by atoms with Crippen LogP contribution in [0.3, 0.4) is 0 Å². The second-order valence-corrected chi connectivity index (χ2v) is 17.2. The van der Waals surface area contributed by atoms with E-state index in [0.717, 1.165) is 23.8 Å². The Kier molecular flexibility index (Phi) is 23.5. The summed E-state index contributed by atoms with van der Waals surface area (Å²) in [6, 6.07) is 7.29. The lowest BCUT2D eigenvalue weighted by Crippen LogP contribution is -2.33. The predicted molar refractivity (Wildman–Crippen MR) is 206 cm³/mol. The molecule has 24 heteroatoms. The van der Waals surface area contributed by atoms with Crippen LogP contribution >= 0.6 is 23.5 Å². The summed E-state index contributed by atoms with van der Waals surface area (Å²) in [6.45, 7) is 2.01. The first-order valence-corrected chi connectivity index (χ1v) is 22.2. The van der Waals surface area contributed by atoms with Gasteiger partial charge in [-0.15, -0.1) is 0 Å². The number of aromatic nitrogens is 2. The van der Waals surface area contributed by atoms with Crippen molar-refractivity contribution in [3.05, 3.63) is 74.6 Å². The van der Waals surface area contributed by atoms with Gasteiger partial charge in [0, 0.05) is 11.8 Å². The van der Waals surface area contributed by atoms with Gasteiger partial charge in [0.25, 0.3) is 5.56 Å².